The van der Waals surface area contributed by atoms with Crippen LogP contribution < -0.4 is 20.7 Å². The molecule has 0 aliphatic carbocycles. The molecule has 0 saturated carbocycles. The quantitative estimate of drug-likeness (QED) is 0.219. The molecule has 158 valence electrons. The lowest BCUT2D eigenvalue weighted by atomic mass is 10.1. The molecule has 2 rings (SSSR count). The number of nitrogens with one attached hydrogen (secondary N) is 3. The molecule has 29 heavy (non-hydrogen) atoms. The SMILES string of the molecule is CN=C(NCCNC(=O)c1ccc(C)c(F)c1)NCCc1ccc(OC)cc1.I. The van der Waals surface area contributed by atoms with Gasteiger partial charge in [0.15, 0.2) is 5.96 Å². The Balaban J connectivity index is 0.00000420. The molecule has 3 N–H and O–H groups in total. The van der Waals surface area contributed by atoms with E-state index in [9.17, 15) is 9.18 Å². The zero-order chi connectivity index (χ0) is 20.4. The van der Waals surface area contributed by atoms with Crippen LogP contribution in [0.2, 0.25) is 0 Å². The number of aliphatic imine (C=N–C) groups is 1. The second kappa shape index (κ2) is 13.0. The average molecular weight is 514 g/mol. The average Bonchev–Trinajstić information content (AvgIpc) is 2.72. The lowest BCUT2D eigenvalue weighted by Crippen LogP contribution is -2.42. The van der Waals surface area contributed by atoms with Crippen molar-refractivity contribution in [2.45, 2.75) is 13.3 Å². The van der Waals surface area contributed by atoms with Gasteiger partial charge in [0.25, 0.3) is 5.91 Å². The van der Waals surface area contributed by atoms with Crippen LogP contribution in [-0.2, 0) is 6.42 Å². The van der Waals surface area contributed by atoms with Gasteiger partial charge in [-0.25, -0.2) is 4.39 Å². The van der Waals surface area contributed by atoms with Crippen molar-refractivity contribution in [2.24, 2.45) is 4.99 Å². The van der Waals surface area contributed by atoms with Gasteiger partial charge in [-0.05, 0) is 48.7 Å². The van der Waals surface area contributed by atoms with Crippen LogP contribution in [-0.4, -0.2) is 45.7 Å². The standard InChI is InChI=1S/C21H27FN4O2.HI/c1-15-4-7-17(14-19(15)22)20(27)24-12-13-26-21(23-2)25-11-10-16-5-8-18(28-3)9-6-16;/h4-9,14H,10-13H2,1-3H3,(H,24,27)(H2,23,25,26);1H. The third-order valence-electron chi connectivity index (χ3n) is 4.23. The van der Waals surface area contributed by atoms with Crippen molar-refractivity contribution in [3.05, 3.63) is 65.0 Å². The highest BCUT2D eigenvalue weighted by molar-refractivity contribution is 14.0. The summed E-state index contributed by atoms with van der Waals surface area (Å²) in [4.78, 5) is 16.2. The summed E-state index contributed by atoms with van der Waals surface area (Å²) in [7, 11) is 3.34. The molecule has 0 aliphatic heterocycles. The number of amides is 1. The third kappa shape index (κ3) is 8.26. The van der Waals surface area contributed by atoms with E-state index in [0.717, 1.165) is 18.7 Å². The highest BCUT2D eigenvalue weighted by Crippen LogP contribution is 2.11. The Hall–Kier alpha value is -2.36. The Bertz CT molecular complexity index is 813. The first-order valence-corrected chi connectivity index (χ1v) is 9.15. The van der Waals surface area contributed by atoms with Crippen LogP contribution in [0.4, 0.5) is 4.39 Å². The van der Waals surface area contributed by atoms with Crippen molar-refractivity contribution in [2.75, 3.05) is 33.8 Å². The summed E-state index contributed by atoms with van der Waals surface area (Å²) < 4.78 is 18.7. The molecule has 0 saturated heterocycles. The number of benzene rings is 2. The predicted octanol–water partition coefficient (Wildman–Crippen LogP) is 2.90. The van der Waals surface area contributed by atoms with Crippen molar-refractivity contribution in [1.29, 1.82) is 0 Å². The van der Waals surface area contributed by atoms with E-state index in [0.29, 0.717) is 30.2 Å². The van der Waals surface area contributed by atoms with Crippen LogP contribution in [0, 0.1) is 12.7 Å². The number of methoxy groups -OCH3 is 1. The summed E-state index contributed by atoms with van der Waals surface area (Å²) in [6.45, 7) is 3.28. The third-order valence-corrected chi connectivity index (χ3v) is 4.23. The first-order valence-electron chi connectivity index (χ1n) is 9.15. The van der Waals surface area contributed by atoms with Gasteiger partial charge < -0.3 is 20.7 Å². The van der Waals surface area contributed by atoms with Gasteiger partial charge >= 0.3 is 0 Å². The fourth-order valence-corrected chi connectivity index (χ4v) is 2.53. The molecule has 0 radical (unpaired) electrons. The van der Waals surface area contributed by atoms with E-state index in [1.165, 1.54) is 11.6 Å². The van der Waals surface area contributed by atoms with E-state index >= 15 is 0 Å². The number of halogens is 2. The fourth-order valence-electron chi connectivity index (χ4n) is 2.53. The Morgan fingerprint density at radius 2 is 1.69 bits per heavy atom. The van der Waals surface area contributed by atoms with Crippen LogP contribution in [0.25, 0.3) is 0 Å². The molecule has 0 heterocycles. The second-order valence-electron chi connectivity index (χ2n) is 6.24. The second-order valence-corrected chi connectivity index (χ2v) is 6.24. The maximum absolute atomic E-state index is 13.5. The Kier molecular flexibility index (Phi) is 11.0. The molecule has 0 spiro atoms. The Morgan fingerprint density at radius 3 is 2.31 bits per heavy atom. The maximum Gasteiger partial charge on any atom is 0.251 e. The van der Waals surface area contributed by atoms with Crippen molar-refractivity contribution in [3.8, 4) is 5.75 Å². The number of hydrogen-bond donors (Lipinski definition) is 3. The molecular formula is C21H28FIN4O2. The summed E-state index contributed by atoms with van der Waals surface area (Å²) in [5, 5.41) is 9.11. The van der Waals surface area contributed by atoms with Crippen LogP contribution in [0.15, 0.2) is 47.5 Å². The molecule has 2 aromatic rings. The number of guanidine groups is 1. The van der Waals surface area contributed by atoms with Crippen LogP contribution >= 0.6 is 24.0 Å². The minimum Gasteiger partial charge on any atom is -0.497 e. The molecule has 8 heteroatoms. The highest BCUT2D eigenvalue weighted by Gasteiger charge is 2.07. The van der Waals surface area contributed by atoms with Crippen LogP contribution in [0.1, 0.15) is 21.5 Å². The van der Waals surface area contributed by atoms with Crippen LogP contribution in [0.3, 0.4) is 0 Å². The van der Waals surface area contributed by atoms with Crippen molar-refractivity contribution < 1.29 is 13.9 Å². The lowest BCUT2D eigenvalue weighted by Gasteiger charge is -2.12. The van der Waals surface area contributed by atoms with E-state index < -0.39 is 0 Å². The van der Waals surface area contributed by atoms with Crippen molar-refractivity contribution in [1.82, 2.24) is 16.0 Å². The van der Waals surface area contributed by atoms with Gasteiger partial charge in [0.05, 0.1) is 7.11 Å². The summed E-state index contributed by atoms with van der Waals surface area (Å²) in [6, 6.07) is 12.4. The molecular weight excluding hydrogens is 486 g/mol. The minimum atomic E-state index is -0.382. The molecule has 0 atom stereocenters. The largest absolute Gasteiger partial charge is 0.497 e. The van der Waals surface area contributed by atoms with Gasteiger partial charge in [-0.2, -0.15) is 0 Å². The number of carbonyl (C=O) groups is 1. The number of hydrogen-bond acceptors (Lipinski definition) is 3. The van der Waals surface area contributed by atoms with Crippen molar-refractivity contribution in [3.63, 3.8) is 0 Å². The van der Waals surface area contributed by atoms with E-state index in [4.69, 9.17) is 4.74 Å². The molecule has 1 amide bonds. The highest BCUT2D eigenvalue weighted by atomic mass is 127. The van der Waals surface area contributed by atoms with Gasteiger partial charge in [-0.3, -0.25) is 9.79 Å². The topological polar surface area (TPSA) is 74.8 Å². The van der Waals surface area contributed by atoms with E-state index in [1.807, 2.05) is 24.3 Å². The van der Waals surface area contributed by atoms with E-state index in [-0.39, 0.29) is 35.7 Å². The Morgan fingerprint density at radius 1 is 1.03 bits per heavy atom. The minimum absolute atomic E-state index is 0. The van der Waals surface area contributed by atoms with Gasteiger partial charge in [-0.1, -0.05) is 18.2 Å². The summed E-state index contributed by atoms with van der Waals surface area (Å²) in [5.74, 6) is 0.809. The first kappa shape index (κ1) is 24.7. The maximum atomic E-state index is 13.5. The normalized spacial score (nSPS) is 10.7. The summed E-state index contributed by atoms with van der Waals surface area (Å²) in [5.41, 5.74) is 2.02. The number of ether oxygens (including phenoxy) is 1. The molecule has 0 aromatic heterocycles. The zero-order valence-electron chi connectivity index (χ0n) is 16.9. The number of carbonyl (C=O) groups excluding carboxylic acids is 1. The van der Waals surface area contributed by atoms with Crippen LogP contribution in [0.5, 0.6) is 5.75 Å². The van der Waals surface area contributed by atoms with Gasteiger partial charge in [-0.15, -0.1) is 24.0 Å². The fraction of sp³-hybridized carbons (Fsp3) is 0.333. The van der Waals surface area contributed by atoms with Crippen molar-refractivity contribution >= 4 is 35.8 Å². The van der Waals surface area contributed by atoms with Gasteiger partial charge in [0.2, 0.25) is 0 Å². The molecule has 6 nitrogen and oxygen atoms in total. The summed E-state index contributed by atoms with van der Waals surface area (Å²) in [6.07, 6.45) is 0.848. The molecule has 0 fully saturated rings. The Labute approximate surface area is 188 Å². The van der Waals surface area contributed by atoms with E-state index in [2.05, 4.69) is 20.9 Å². The molecule has 0 bridgehead atoms. The predicted molar refractivity (Wildman–Crippen MR) is 125 cm³/mol. The van der Waals surface area contributed by atoms with E-state index in [1.54, 1.807) is 33.2 Å². The van der Waals surface area contributed by atoms with Gasteiger partial charge in [0, 0.05) is 32.2 Å². The lowest BCUT2D eigenvalue weighted by molar-refractivity contribution is 0.0954. The summed E-state index contributed by atoms with van der Waals surface area (Å²) >= 11 is 0. The monoisotopic (exact) mass is 514 g/mol. The van der Waals surface area contributed by atoms with Gasteiger partial charge in [0.1, 0.15) is 11.6 Å². The molecule has 0 unspecified atom stereocenters. The molecule has 2 aromatic carbocycles. The zero-order valence-corrected chi connectivity index (χ0v) is 19.3. The number of nitrogens with zero attached hydrogens (tertiary/aromatic N) is 1. The first-order chi connectivity index (χ1) is 13.5. The molecule has 0 aliphatic rings. The number of aryl methyl sites for hydroxylation is 1. The number of rotatable bonds is 8. The smallest absolute Gasteiger partial charge is 0.251 e.